The average Bonchev–Trinajstić information content (AvgIpc) is 3.04. The highest BCUT2D eigenvalue weighted by molar-refractivity contribution is 5.80. The molecule has 25 heavy (non-hydrogen) atoms. The lowest BCUT2D eigenvalue weighted by atomic mass is 10.2. The topological polar surface area (TPSA) is 79.4 Å². The first-order valence-corrected chi connectivity index (χ1v) is 7.95. The van der Waals surface area contributed by atoms with Crippen molar-refractivity contribution in [2.24, 2.45) is 0 Å². The number of para-hydroxylation sites is 1. The number of rotatable bonds is 5. The number of hydrogen-bond donors (Lipinski definition) is 1. The normalized spacial score (nSPS) is 11.7. The molecule has 0 unspecified atom stereocenters. The molecule has 3 aromatic rings. The molecule has 126 valence electrons. The van der Waals surface area contributed by atoms with Crippen LogP contribution in [0.5, 0.6) is 5.75 Å². The van der Waals surface area contributed by atoms with Crippen LogP contribution in [-0.2, 0) is 11.3 Å². The molecule has 0 aliphatic rings. The standard InChI is InChI=1S/C19H18N4O2/c1-13-6-5-9-18-22-16(12-23(13)18)11-21-19(24)14(2)25-17-8-4-3-7-15(17)10-20/h3-9,12,14H,11H2,1-2H3,(H,21,24)/t14-/m0/s1. The molecular formula is C19H18N4O2. The summed E-state index contributed by atoms with van der Waals surface area (Å²) in [6, 6.07) is 14.8. The number of imidazole rings is 1. The highest BCUT2D eigenvalue weighted by Crippen LogP contribution is 2.18. The van der Waals surface area contributed by atoms with Crippen LogP contribution in [0.15, 0.2) is 48.7 Å². The van der Waals surface area contributed by atoms with E-state index in [4.69, 9.17) is 10.00 Å². The summed E-state index contributed by atoms with van der Waals surface area (Å²) in [6.45, 7) is 3.96. The Morgan fingerprint density at radius 3 is 2.88 bits per heavy atom. The minimum atomic E-state index is -0.715. The number of aromatic nitrogens is 2. The Morgan fingerprint density at radius 2 is 2.12 bits per heavy atom. The number of aryl methyl sites for hydroxylation is 1. The number of nitrogens with one attached hydrogen (secondary N) is 1. The van der Waals surface area contributed by atoms with E-state index >= 15 is 0 Å². The molecule has 0 bridgehead atoms. The van der Waals surface area contributed by atoms with Crippen molar-refractivity contribution in [3.8, 4) is 11.8 Å². The summed E-state index contributed by atoms with van der Waals surface area (Å²) in [5.41, 5.74) is 3.09. The summed E-state index contributed by atoms with van der Waals surface area (Å²) in [5, 5.41) is 11.9. The Bertz CT molecular complexity index is 955. The number of nitrogens with zero attached hydrogens (tertiary/aromatic N) is 3. The number of carbonyl (C=O) groups excluding carboxylic acids is 1. The Hall–Kier alpha value is -3.33. The molecular weight excluding hydrogens is 316 g/mol. The van der Waals surface area contributed by atoms with Crippen molar-refractivity contribution in [2.75, 3.05) is 0 Å². The molecule has 0 radical (unpaired) electrons. The van der Waals surface area contributed by atoms with Gasteiger partial charge in [-0.2, -0.15) is 5.26 Å². The zero-order chi connectivity index (χ0) is 17.8. The van der Waals surface area contributed by atoms with Crippen molar-refractivity contribution in [3.63, 3.8) is 0 Å². The van der Waals surface area contributed by atoms with E-state index in [1.807, 2.05) is 41.8 Å². The molecule has 0 fully saturated rings. The van der Waals surface area contributed by atoms with Crippen LogP contribution in [0, 0.1) is 18.3 Å². The van der Waals surface area contributed by atoms with E-state index in [-0.39, 0.29) is 5.91 Å². The van der Waals surface area contributed by atoms with Crippen LogP contribution in [0.4, 0.5) is 0 Å². The maximum atomic E-state index is 12.2. The van der Waals surface area contributed by atoms with E-state index in [0.29, 0.717) is 17.9 Å². The number of carbonyl (C=O) groups is 1. The third-order valence-electron chi connectivity index (χ3n) is 3.87. The summed E-state index contributed by atoms with van der Waals surface area (Å²) in [7, 11) is 0. The number of pyridine rings is 1. The third kappa shape index (κ3) is 3.61. The van der Waals surface area contributed by atoms with E-state index in [1.165, 1.54) is 0 Å². The van der Waals surface area contributed by atoms with Crippen LogP contribution in [-0.4, -0.2) is 21.4 Å². The number of amides is 1. The monoisotopic (exact) mass is 334 g/mol. The fourth-order valence-electron chi connectivity index (χ4n) is 2.51. The third-order valence-corrected chi connectivity index (χ3v) is 3.87. The van der Waals surface area contributed by atoms with E-state index in [0.717, 1.165) is 17.0 Å². The number of fused-ring (bicyclic) bond motifs is 1. The Morgan fingerprint density at radius 1 is 1.32 bits per heavy atom. The first-order chi connectivity index (χ1) is 12.1. The number of nitriles is 1. The van der Waals surface area contributed by atoms with Crippen LogP contribution in [0.25, 0.3) is 5.65 Å². The van der Waals surface area contributed by atoms with Gasteiger partial charge in [-0.15, -0.1) is 0 Å². The molecule has 1 atom stereocenters. The summed E-state index contributed by atoms with van der Waals surface area (Å²) >= 11 is 0. The van der Waals surface area contributed by atoms with Gasteiger partial charge in [-0.05, 0) is 38.1 Å². The molecule has 1 aromatic carbocycles. The van der Waals surface area contributed by atoms with Gasteiger partial charge >= 0.3 is 0 Å². The lowest BCUT2D eigenvalue weighted by Crippen LogP contribution is -2.36. The molecule has 0 aliphatic heterocycles. The highest BCUT2D eigenvalue weighted by Gasteiger charge is 2.16. The molecule has 0 aliphatic carbocycles. The first-order valence-electron chi connectivity index (χ1n) is 7.95. The van der Waals surface area contributed by atoms with Gasteiger partial charge in [0.1, 0.15) is 17.5 Å². The van der Waals surface area contributed by atoms with Crippen molar-refractivity contribution in [1.29, 1.82) is 5.26 Å². The molecule has 1 amide bonds. The van der Waals surface area contributed by atoms with Gasteiger partial charge in [0.2, 0.25) is 0 Å². The van der Waals surface area contributed by atoms with Gasteiger partial charge < -0.3 is 14.5 Å². The molecule has 1 N–H and O–H groups in total. The predicted octanol–water partition coefficient (Wildman–Crippen LogP) is 2.60. The maximum Gasteiger partial charge on any atom is 0.261 e. The van der Waals surface area contributed by atoms with Crippen molar-refractivity contribution >= 4 is 11.6 Å². The molecule has 0 spiro atoms. The van der Waals surface area contributed by atoms with Crippen LogP contribution in [0.1, 0.15) is 23.9 Å². The summed E-state index contributed by atoms with van der Waals surface area (Å²) in [4.78, 5) is 16.7. The van der Waals surface area contributed by atoms with Crippen LogP contribution >= 0.6 is 0 Å². The second-order valence-corrected chi connectivity index (χ2v) is 5.71. The van der Waals surface area contributed by atoms with Crippen molar-refractivity contribution in [1.82, 2.24) is 14.7 Å². The van der Waals surface area contributed by atoms with Gasteiger partial charge in [-0.1, -0.05) is 18.2 Å². The van der Waals surface area contributed by atoms with Gasteiger partial charge in [0.05, 0.1) is 17.8 Å². The van der Waals surface area contributed by atoms with E-state index in [2.05, 4.69) is 10.3 Å². The van der Waals surface area contributed by atoms with E-state index in [9.17, 15) is 4.79 Å². The summed E-state index contributed by atoms with van der Waals surface area (Å²) in [6.07, 6.45) is 1.19. The molecule has 0 saturated carbocycles. The average molecular weight is 334 g/mol. The minimum absolute atomic E-state index is 0.262. The molecule has 6 nitrogen and oxygen atoms in total. The number of benzene rings is 1. The second-order valence-electron chi connectivity index (χ2n) is 5.71. The second kappa shape index (κ2) is 7.05. The smallest absolute Gasteiger partial charge is 0.261 e. The largest absolute Gasteiger partial charge is 0.480 e. The quantitative estimate of drug-likeness (QED) is 0.778. The van der Waals surface area contributed by atoms with Gasteiger partial charge in [-0.3, -0.25) is 4.79 Å². The molecule has 6 heteroatoms. The number of hydrogen-bond acceptors (Lipinski definition) is 4. The fourth-order valence-corrected chi connectivity index (χ4v) is 2.51. The zero-order valence-corrected chi connectivity index (χ0v) is 14.1. The molecule has 3 rings (SSSR count). The highest BCUT2D eigenvalue weighted by atomic mass is 16.5. The van der Waals surface area contributed by atoms with Gasteiger partial charge in [-0.25, -0.2) is 4.98 Å². The summed E-state index contributed by atoms with van der Waals surface area (Å²) in [5.74, 6) is 0.137. The Kier molecular flexibility index (Phi) is 4.66. The van der Waals surface area contributed by atoms with Crippen molar-refractivity contribution in [3.05, 3.63) is 65.6 Å². The minimum Gasteiger partial charge on any atom is -0.480 e. The SMILES string of the molecule is Cc1cccc2nc(CNC(=O)[C@H](C)Oc3ccccc3C#N)cn12. The fraction of sp³-hybridized carbons (Fsp3) is 0.211. The Labute approximate surface area is 145 Å². The van der Waals surface area contributed by atoms with Gasteiger partial charge in [0.15, 0.2) is 6.10 Å². The Balaban J connectivity index is 1.63. The molecule has 2 heterocycles. The lowest BCUT2D eigenvalue weighted by Gasteiger charge is -2.15. The zero-order valence-electron chi connectivity index (χ0n) is 14.1. The van der Waals surface area contributed by atoms with Gasteiger partial charge in [0, 0.05) is 11.9 Å². The maximum absolute atomic E-state index is 12.2. The molecule has 2 aromatic heterocycles. The van der Waals surface area contributed by atoms with Crippen LogP contribution in [0.2, 0.25) is 0 Å². The van der Waals surface area contributed by atoms with Crippen molar-refractivity contribution < 1.29 is 9.53 Å². The van der Waals surface area contributed by atoms with Crippen molar-refractivity contribution in [2.45, 2.75) is 26.5 Å². The lowest BCUT2D eigenvalue weighted by molar-refractivity contribution is -0.127. The van der Waals surface area contributed by atoms with Crippen LogP contribution in [0.3, 0.4) is 0 Å². The van der Waals surface area contributed by atoms with Crippen LogP contribution < -0.4 is 10.1 Å². The molecule has 0 saturated heterocycles. The predicted molar refractivity (Wildman–Crippen MR) is 93.0 cm³/mol. The van der Waals surface area contributed by atoms with E-state index in [1.54, 1.807) is 31.2 Å². The van der Waals surface area contributed by atoms with Gasteiger partial charge in [0.25, 0.3) is 5.91 Å². The first kappa shape index (κ1) is 16.5. The summed E-state index contributed by atoms with van der Waals surface area (Å²) < 4.78 is 7.58. The van der Waals surface area contributed by atoms with E-state index < -0.39 is 6.10 Å². The number of ether oxygens (including phenoxy) is 1.